The molecule has 1 atom stereocenters. The Kier molecular flexibility index (Phi) is 7.96. The molecule has 1 unspecified atom stereocenters. The van der Waals surface area contributed by atoms with Crippen molar-refractivity contribution in [1.82, 2.24) is 10.6 Å². The van der Waals surface area contributed by atoms with Crippen molar-refractivity contribution in [1.29, 1.82) is 0 Å². The standard InChI is InChI=1S/C22H22ClN3O3S/c23-18-9-3-1-6-15(18)11-12-20(27)26-22(30)25-19-10-4-2-8-17(19)21(28)24-14-16-7-5-13-29-16/h1-4,6,8-12,16H,5,7,13-14H2,(H,24,28)(H2,25,26,27,30)/b12-11+. The SMILES string of the molecule is O=C(/C=C/c1ccccc1Cl)NC(=S)Nc1ccccc1C(=O)NCC1CCCO1. The van der Waals surface area contributed by atoms with Gasteiger partial charge in [-0.25, -0.2) is 0 Å². The fourth-order valence-electron chi connectivity index (χ4n) is 2.98. The van der Waals surface area contributed by atoms with Gasteiger partial charge in [-0.2, -0.15) is 0 Å². The molecule has 6 nitrogen and oxygen atoms in total. The van der Waals surface area contributed by atoms with Crippen LogP contribution >= 0.6 is 23.8 Å². The molecule has 1 saturated heterocycles. The highest BCUT2D eigenvalue weighted by molar-refractivity contribution is 7.80. The molecule has 156 valence electrons. The molecule has 0 aliphatic carbocycles. The van der Waals surface area contributed by atoms with Crippen LogP contribution in [0.2, 0.25) is 5.02 Å². The fraction of sp³-hybridized carbons (Fsp3) is 0.227. The molecule has 8 heteroatoms. The maximum atomic E-state index is 12.6. The van der Waals surface area contributed by atoms with Gasteiger partial charge in [0.1, 0.15) is 0 Å². The molecule has 0 saturated carbocycles. The number of amides is 2. The first kappa shape index (κ1) is 22.0. The number of carbonyl (C=O) groups is 2. The van der Waals surface area contributed by atoms with Crippen molar-refractivity contribution in [3.8, 4) is 0 Å². The van der Waals surface area contributed by atoms with Crippen LogP contribution in [0, 0.1) is 0 Å². The maximum absolute atomic E-state index is 12.6. The summed E-state index contributed by atoms with van der Waals surface area (Å²) in [7, 11) is 0. The van der Waals surface area contributed by atoms with Crippen molar-refractivity contribution in [2.75, 3.05) is 18.5 Å². The van der Waals surface area contributed by atoms with Crippen molar-refractivity contribution >= 4 is 52.5 Å². The molecule has 1 heterocycles. The Morgan fingerprint density at radius 2 is 1.93 bits per heavy atom. The van der Waals surface area contributed by atoms with Crippen LogP contribution in [0.25, 0.3) is 6.08 Å². The van der Waals surface area contributed by atoms with Crippen LogP contribution in [0.3, 0.4) is 0 Å². The first-order chi connectivity index (χ1) is 14.5. The molecule has 0 radical (unpaired) electrons. The molecular formula is C22H22ClN3O3S. The Morgan fingerprint density at radius 1 is 1.17 bits per heavy atom. The Hall–Kier alpha value is -2.74. The average molecular weight is 444 g/mol. The van der Waals surface area contributed by atoms with Crippen LogP contribution in [0.4, 0.5) is 5.69 Å². The molecular weight excluding hydrogens is 422 g/mol. The third kappa shape index (κ3) is 6.38. The van der Waals surface area contributed by atoms with E-state index < -0.39 is 5.91 Å². The summed E-state index contributed by atoms with van der Waals surface area (Å²) in [5, 5.41) is 8.98. The molecule has 1 aliphatic heterocycles. The summed E-state index contributed by atoms with van der Waals surface area (Å²) in [5.74, 6) is -0.644. The highest BCUT2D eigenvalue weighted by atomic mass is 35.5. The second kappa shape index (κ2) is 10.9. The average Bonchev–Trinajstić information content (AvgIpc) is 3.25. The lowest BCUT2D eigenvalue weighted by molar-refractivity contribution is -0.115. The zero-order valence-electron chi connectivity index (χ0n) is 16.2. The van der Waals surface area contributed by atoms with Crippen molar-refractivity contribution in [2.24, 2.45) is 0 Å². The number of para-hydroxylation sites is 1. The van der Waals surface area contributed by atoms with E-state index in [1.54, 1.807) is 42.5 Å². The van der Waals surface area contributed by atoms with Crippen molar-refractivity contribution < 1.29 is 14.3 Å². The van der Waals surface area contributed by atoms with Crippen molar-refractivity contribution in [3.63, 3.8) is 0 Å². The number of anilines is 1. The summed E-state index contributed by atoms with van der Waals surface area (Å²) in [6.07, 6.45) is 4.96. The number of hydrogen-bond donors (Lipinski definition) is 3. The normalized spacial score (nSPS) is 15.7. The van der Waals surface area contributed by atoms with Gasteiger partial charge in [0.15, 0.2) is 5.11 Å². The van der Waals surface area contributed by atoms with E-state index in [9.17, 15) is 9.59 Å². The summed E-state index contributed by atoms with van der Waals surface area (Å²) in [6.45, 7) is 1.19. The van der Waals surface area contributed by atoms with Crippen molar-refractivity contribution in [3.05, 3.63) is 70.8 Å². The number of benzene rings is 2. The lowest BCUT2D eigenvalue weighted by Gasteiger charge is -2.14. The van der Waals surface area contributed by atoms with E-state index in [0.29, 0.717) is 22.8 Å². The Bertz CT molecular complexity index is 958. The lowest BCUT2D eigenvalue weighted by atomic mass is 10.1. The molecule has 3 rings (SSSR count). The van der Waals surface area contributed by atoms with Gasteiger partial charge in [0.25, 0.3) is 5.91 Å². The van der Waals surface area contributed by atoms with Gasteiger partial charge < -0.3 is 15.4 Å². The second-order valence-corrected chi connectivity index (χ2v) is 7.50. The van der Waals surface area contributed by atoms with Crippen LogP contribution in [0.5, 0.6) is 0 Å². The predicted octanol–water partition coefficient (Wildman–Crippen LogP) is 3.78. The molecule has 1 fully saturated rings. The fourth-order valence-corrected chi connectivity index (χ4v) is 3.39. The first-order valence-corrected chi connectivity index (χ1v) is 10.3. The smallest absolute Gasteiger partial charge is 0.253 e. The number of halogens is 1. The molecule has 2 aromatic rings. The van der Waals surface area contributed by atoms with Gasteiger partial charge in [0.05, 0.1) is 17.4 Å². The Labute approximate surface area is 185 Å². The van der Waals surface area contributed by atoms with Crippen LogP contribution in [0.15, 0.2) is 54.6 Å². The van der Waals surface area contributed by atoms with Gasteiger partial charge in [0.2, 0.25) is 5.91 Å². The van der Waals surface area contributed by atoms with Gasteiger partial charge >= 0.3 is 0 Å². The molecule has 3 N–H and O–H groups in total. The van der Waals surface area contributed by atoms with Crippen LogP contribution in [-0.2, 0) is 9.53 Å². The summed E-state index contributed by atoms with van der Waals surface area (Å²) in [4.78, 5) is 24.7. The van der Waals surface area contributed by atoms with E-state index in [2.05, 4.69) is 16.0 Å². The van der Waals surface area contributed by atoms with E-state index in [4.69, 9.17) is 28.6 Å². The van der Waals surface area contributed by atoms with Gasteiger partial charge in [-0.1, -0.05) is 41.9 Å². The zero-order valence-corrected chi connectivity index (χ0v) is 17.8. The minimum atomic E-state index is -0.410. The molecule has 30 heavy (non-hydrogen) atoms. The third-order valence-electron chi connectivity index (χ3n) is 4.49. The highest BCUT2D eigenvalue weighted by Crippen LogP contribution is 2.17. The Balaban J connectivity index is 1.56. The van der Waals surface area contributed by atoms with Gasteiger partial charge in [-0.3, -0.25) is 14.9 Å². The number of thiocarbonyl (C=S) groups is 1. The van der Waals surface area contributed by atoms with E-state index in [1.165, 1.54) is 6.08 Å². The number of hydrogen-bond acceptors (Lipinski definition) is 4. The largest absolute Gasteiger partial charge is 0.376 e. The minimum absolute atomic E-state index is 0.0549. The summed E-state index contributed by atoms with van der Waals surface area (Å²) >= 11 is 11.3. The first-order valence-electron chi connectivity index (χ1n) is 9.56. The summed E-state index contributed by atoms with van der Waals surface area (Å²) in [6, 6.07) is 14.1. The van der Waals surface area contributed by atoms with E-state index in [-0.39, 0.29) is 17.1 Å². The van der Waals surface area contributed by atoms with Gasteiger partial charge in [0, 0.05) is 24.3 Å². The van der Waals surface area contributed by atoms with Crippen LogP contribution in [-0.4, -0.2) is 36.2 Å². The molecule has 0 bridgehead atoms. The van der Waals surface area contributed by atoms with Crippen molar-refractivity contribution in [2.45, 2.75) is 18.9 Å². The van der Waals surface area contributed by atoms with Crippen LogP contribution < -0.4 is 16.0 Å². The van der Waals surface area contributed by atoms with Crippen LogP contribution in [0.1, 0.15) is 28.8 Å². The zero-order chi connectivity index (χ0) is 21.3. The third-order valence-corrected chi connectivity index (χ3v) is 5.04. The number of rotatable bonds is 6. The molecule has 1 aliphatic rings. The minimum Gasteiger partial charge on any atom is -0.376 e. The molecule has 2 aromatic carbocycles. The number of ether oxygens (including phenoxy) is 1. The topological polar surface area (TPSA) is 79.5 Å². The molecule has 0 aromatic heterocycles. The van der Waals surface area contributed by atoms with Gasteiger partial charge in [-0.05, 0) is 54.9 Å². The second-order valence-electron chi connectivity index (χ2n) is 6.69. The summed E-state index contributed by atoms with van der Waals surface area (Å²) in [5.41, 5.74) is 1.66. The quantitative estimate of drug-likeness (QED) is 0.467. The Morgan fingerprint density at radius 3 is 2.70 bits per heavy atom. The molecule has 2 amide bonds. The number of carbonyl (C=O) groups excluding carboxylic acids is 2. The monoisotopic (exact) mass is 443 g/mol. The van der Waals surface area contributed by atoms with E-state index in [1.807, 2.05) is 12.1 Å². The van der Waals surface area contributed by atoms with Gasteiger partial charge in [-0.15, -0.1) is 0 Å². The molecule has 0 spiro atoms. The predicted molar refractivity (Wildman–Crippen MR) is 123 cm³/mol. The summed E-state index contributed by atoms with van der Waals surface area (Å²) < 4.78 is 5.53. The highest BCUT2D eigenvalue weighted by Gasteiger charge is 2.18. The van der Waals surface area contributed by atoms with E-state index >= 15 is 0 Å². The lowest BCUT2D eigenvalue weighted by Crippen LogP contribution is -2.35. The number of nitrogens with one attached hydrogen (secondary N) is 3. The van der Waals surface area contributed by atoms with E-state index in [0.717, 1.165) is 25.0 Å². The maximum Gasteiger partial charge on any atom is 0.253 e.